The van der Waals surface area contributed by atoms with Gasteiger partial charge in [-0.25, -0.2) is 0 Å². The highest BCUT2D eigenvalue weighted by Crippen LogP contribution is 2.35. The molecule has 0 aromatic carbocycles. The zero-order chi connectivity index (χ0) is 13.4. The van der Waals surface area contributed by atoms with Crippen LogP contribution in [0.15, 0.2) is 0 Å². The first-order valence-electron chi connectivity index (χ1n) is 7.28. The summed E-state index contributed by atoms with van der Waals surface area (Å²) in [5, 5.41) is 0. The van der Waals surface area contributed by atoms with Gasteiger partial charge in [-0.2, -0.15) is 0 Å². The zero-order valence-corrected chi connectivity index (χ0v) is 11.7. The number of hydrogen-bond acceptors (Lipinski definition) is 3. The Balaban J connectivity index is 2.30. The third-order valence-corrected chi connectivity index (χ3v) is 4.02. The van der Waals surface area contributed by atoms with Crippen LogP contribution in [0.5, 0.6) is 0 Å². The minimum absolute atomic E-state index is 0.116. The number of ether oxygens (including phenoxy) is 1. The van der Waals surface area contributed by atoms with Crippen LogP contribution in [-0.2, 0) is 14.3 Å². The molecule has 2 atom stereocenters. The lowest BCUT2D eigenvalue weighted by molar-refractivity contribution is -0.142. The lowest BCUT2D eigenvalue weighted by Crippen LogP contribution is -2.18. The molecule has 0 aromatic rings. The minimum Gasteiger partial charge on any atom is -0.469 e. The van der Waals surface area contributed by atoms with E-state index < -0.39 is 0 Å². The van der Waals surface area contributed by atoms with Crippen molar-refractivity contribution in [2.24, 2.45) is 11.8 Å². The molecule has 0 heterocycles. The molecular weight excluding hydrogens is 228 g/mol. The average molecular weight is 254 g/mol. The van der Waals surface area contributed by atoms with Crippen LogP contribution >= 0.6 is 0 Å². The molecule has 3 nitrogen and oxygen atoms in total. The smallest absolute Gasteiger partial charge is 0.305 e. The van der Waals surface area contributed by atoms with Crippen LogP contribution in [0.25, 0.3) is 0 Å². The molecule has 1 aliphatic carbocycles. The second kappa shape index (κ2) is 8.28. The number of rotatable bonds is 8. The largest absolute Gasteiger partial charge is 0.469 e. The summed E-state index contributed by atoms with van der Waals surface area (Å²) in [6.07, 6.45) is 9.02. The summed E-state index contributed by atoms with van der Waals surface area (Å²) in [7, 11) is 1.42. The van der Waals surface area contributed by atoms with Crippen LogP contribution in [0.2, 0.25) is 0 Å². The van der Waals surface area contributed by atoms with E-state index in [0.29, 0.717) is 18.6 Å². The molecule has 0 aliphatic heterocycles. The summed E-state index contributed by atoms with van der Waals surface area (Å²) < 4.78 is 4.70. The molecule has 1 saturated carbocycles. The zero-order valence-electron chi connectivity index (χ0n) is 11.7. The number of carbonyl (C=O) groups excluding carboxylic acids is 2. The molecule has 3 heteroatoms. The Morgan fingerprint density at radius 1 is 1.28 bits per heavy atom. The summed E-state index contributed by atoms with van der Waals surface area (Å²) in [5.41, 5.74) is 0. The van der Waals surface area contributed by atoms with Crippen LogP contribution in [0.3, 0.4) is 0 Å². The van der Waals surface area contributed by atoms with Crippen LogP contribution < -0.4 is 0 Å². The summed E-state index contributed by atoms with van der Waals surface area (Å²) in [5.74, 6) is 0.534. The van der Waals surface area contributed by atoms with Crippen molar-refractivity contribution in [2.75, 3.05) is 7.11 Å². The van der Waals surface area contributed by atoms with E-state index in [1.54, 1.807) is 0 Å². The maximum atomic E-state index is 11.8. The Morgan fingerprint density at radius 3 is 2.67 bits per heavy atom. The fourth-order valence-corrected chi connectivity index (χ4v) is 2.88. The van der Waals surface area contributed by atoms with E-state index in [0.717, 1.165) is 19.3 Å². The van der Waals surface area contributed by atoms with Gasteiger partial charge in [-0.05, 0) is 18.8 Å². The number of carbonyl (C=O) groups is 2. The Bertz CT molecular complexity index is 273. The van der Waals surface area contributed by atoms with Crippen molar-refractivity contribution in [3.63, 3.8) is 0 Å². The number of methoxy groups -OCH3 is 1. The van der Waals surface area contributed by atoms with Crippen LogP contribution in [-0.4, -0.2) is 18.9 Å². The van der Waals surface area contributed by atoms with E-state index in [4.69, 9.17) is 4.74 Å². The fourth-order valence-electron chi connectivity index (χ4n) is 2.88. The third kappa shape index (κ3) is 4.79. The maximum absolute atomic E-state index is 11.8. The first-order valence-corrected chi connectivity index (χ1v) is 7.28. The van der Waals surface area contributed by atoms with Crippen molar-refractivity contribution in [1.29, 1.82) is 0 Å². The summed E-state index contributed by atoms with van der Waals surface area (Å²) in [6.45, 7) is 2.20. The Kier molecular flexibility index (Phi) is 6.99. The second-order valence-corrected chi connectivity index (χ2v) is 5.35. The van der Waals surface area contributed by atoms with Crippen molar-refractivity contribution >= 4 is 11.8 Å². The molecule has 1 fully saturated rings. The van der Waals surface area contributed by atoms with Gasteiger partial charge in [0, 0.05) is 18.8 Å². The molecule has 0 bridgehead atoms. The van der Waals surface area contributed by atoms with Crippen molar-refractivity contribution in [3.05, 3.63) is 0 Å². The molecular formula is C15H26O3. The lowest BCUT2D eigenvalue weighted by atomic mass is 9.88. The number of Topliss-reactive ketones (excluding diaryl/α,β-unsaturated/α-hetero) is 1. The molecule has 18 heavy (non-hydrogen) atoms. The van der Waals surface area contributed by atoms with Gasteiger partial charge in [0.15, 0.2) is 0 Å². The van der Waals surface area contributed by atoms with Crippen molar-refractivity contribution in [2.45, 2.75) is 64.7 Å². The number of ketones is 1. The van der Waals surface area contributed by atoms with Crippen molar-refractivity contribution in [1.82, 2.24) is 0 Å². The normalized spacial score (nSPS) is 23.3. The van der Waals surface area contributed by atoms with Crippen LogP contribution in [0.4, 0.5) is 0 Å². The van der Waals surface area contributed by atoms with Gasteiger partial charge >= 0.3 is 5.97 Å². The van der Waals surface area contributed by atoms with Gasteiger partial charge < -0.3 is 4.74 Å². The predicted molar refractivity (Wildman–Crippen MR) is 71.2 cm³/mol. The molecule has 0 radical (unpaired) electrons. The number of esters is 1. The molecule has 1 aliphatic rings. The van der Waals surface area contributed by atoms with Gasteiger partial charge in [0.2, 0.25) is 0 Å². The summed E-state index contributed by atoms with van der Waals surface area (Å²) in [4.78, 5) is 23.1. The number of unbranched alkanes of at least 4 members (excludes halogenated alkanes) is 4. The molecule has 104 valence electrons. The molecule has 0 amide bonds. The third-order valence-electron chi connectivity index (χ3n) is 4.02. The van der Waals surface area contributed by atoms with Gasteiger partial charge in [0.05, 0.1) is 7.11 Å². The monoisotopic (exact) mass is 254 g/mol. The fraction of sp³-hybridized carbons (Fsp3) is 0.867. The predicted octanol–water partition coefficient (Wildman–Crippen LogP) is 3.51. The van der Waals surface area contributed by atoms with E-state index in [2.05, 4.69) is 6.92 Å². The van der Waals surface area contributed by atoms with Crippen LogP contribution in [0, 0.1) is 11.8 Å². The van der Waals surface area contributed by atoms with Crippen molar-refractivity contribution in [3.8, 4) is 0 Å². The topological polar surface area (TPSA) is 43.4 Å². The Morgan fingerprint density at radius 2 is 2.00 bits per heavy atom. The van der Waals surface area contributed by atoms with Crippen molar-refractivity contribution < 1.29 is 14.3 Å². The highest BCUT2D eigenvalue weighted by molar-refractivity contribution is 5.84. The Hall–Kier alpha value is -0.860. The van der Waals surface area contributed by atoms with E-state index in [9.17, 15) is 9.59 Å². The van der Waals surface area contributed by atoms with E-state index in [1.165, 1.54) is 32.8 Å². The van der Waals surface area contributed by atoms with Gasteiger partial charge in [-0.15, -0.1) is 0 Å². The average Bonchev–Trinajstić information content (AvgIpc) is 2.70. The molecule has 0 aromatic heterocycles. The summed E-state index contributed by atoms with van der Waals surface area (Å²) in [6, 6.07) is 0. The van der Waals surface area contributed by atoms with Gasteiger partial charge in [0.1, 0.15) is 5.78 Å². The van der Waals surface area contributed by atoms with E-state index in [1.807, 2.05) is 0 Å². The van der Waals surface area contributed by atoms with E-state index >= 15 is 0 Å². The maximum Gasteiger partial charge on any atom is 0.305 e. The minimum atomic E-state index is -0.175. The standard InChI is InChI=1S/C15H26O3/c1-3-4-5-6-7-8-13-12(9-10-14(13)16)11-15(17)18-2/h12-13H,3-11H2,1-2H3. The lowest BCUT2D eigenvalue weighted by Gasteiger charge is -2.17. The van der Waals surface area contributed by atoms with Gasteiger partial charge in [0.25, 0.3) is 0 Å². The Labute approximate surface area is 110 Å². The molecule has 2 unspecified atom stereocenters. The SMILES string of the molecule is CCCCCCCC1C(=O)CCC1CC(=O)OC. The van der Waals surface area contributed by atoms with Crippen LogP contribution in [0.1, 0.15) is 64.7 Å². The molecule has 0 N–H and O–H groups in total. The first-order chi connectivity index (χ1) is 8.69. The number of hydrogen-bond donors (Lipinski definition) is 0. The van der Waals surface area contributed by atoms with E-state index in [-0.39, 0.29) is 17.8 Å². The quantitative estimate of drug-likeness (QED) is 0.492. The molecule has 0 saturated heterocycles. The molecule has 1 rings (SSSR count). The van der Waals surface area contributed by atoms with Gasteiger partial charge in [-0.3, -0.25) is 9.59 Å². The highest BCUT2D eigenvalue weighted by Gasteiger charge is 2.35. The molecule has 0 spiro atoms. The second-order valence-electron chi connectivity index (χ2n) is 5.35. The summed E-state index contributed by atoms with van der Waals surface area (Å²) >= 11 is 0. The highest BCUT2D eigenvalue weighted by atomic mass is 16.5. The van der Waals surface area contributed by atoms with Gasteiger partial charge in [-0.1, -0.05) is 39.0 Å². The first kappa shape index (κ1) is 15.2.